The molecule has 0 saturated carbocycles. The van der Waals surface area contributed by atoms with Crippen LogP contribution in [-0.4, -0.2) is 59.8 Å². The molecule has 0 aliphatic heterocycles. The number of phenols is 2. The fourth-order valence-corrected chi connectivity index (χ4v) is 3.31. The van der Waals surface area contributed by atoms with Crippen LogP contribution in [0.15, 0.2) is 30.3 Å². The first kappa shape index (κ1) is 22.4. The molecule has 154 valence electrons. The third-order valence-corrected chi connectivity index (χ3v) is 4.68. The number of phenolic OH excluding ortho intramolecular Hbond substituents is 2. The van der Waals surface area contributed by atoms with Crippen LogP contribution in [0.25, 0.3) is 0 Å². The lowest BCUT2D eigenvalue weighted by molar-refractivity contribution is -0.120. The van der Waals surface area contributed by atoms with E-state index in [0.717, 1.165) is 13.0 Å². The van der Waals surface area contributed by atoms with Crippen LogP contribution in [0, 0.1) is 0 Å². The molecule has 29 heavy (non-hydrogen) atoms. The van der Waals surface area contributed by atoms with E-state index < -0.39 is 23.1 Å². The van der Waals surface area contributed by atoms with E-state index in [-0.39, 0.29) is 52.6 Å². The summed E-state index contributed by atoms with van der Waals surface area (Å²) in [4.78, 5) is 39.7. The molecule has 0 fully saturated rings. The van der Waals surface area contributed by atoms with E-state index in [2.05, 4.69) is 5.32 Å². The number of hydrogen-bond donors (Lipinski definition) is 3. The number of fused-ring (bicyclic) bond motifs is 2. The van der Waals surface area contributed by atoms with Crippen molar-refractivity contribution < 1.29 is 24.6 Å². The minimum absolute atomic E-state index is 0. The molecule has 0 bridgehead atoms. The molecule has 2 aromatic carbocycles. The highest BCUT2D eigenvalue weighted by Gasteiger charge is 2.35. The first-order chi connectivity index (χ1) is 13.3. The van der Waals surface area contributed by atoms with Crippen molar-refractivity contribution in [2.45, 2.75) is 12.8 Å². The molecule has 1 aliphatic carbocycles. The van der Waals surface area contributed by atoms with Crippen molar-refractivity contribution in [2.24, 2.45) is 0 Å². The Morgan fingerprint density at radius 2 is 1.62 bits per heavy atom. The van der Waals surface area contributed by atoms with Gasteiger partial charge in [-0.3, -0.25) is 14.4 Å². The highest BCUT2D eigenvalue weighted by molar-refractivity contribution is 6.30. The summed E-state index contributed by atoms with van der Waals surface area (Å²) >= 11 is 0. The van der Waals surface area contributed by atoms with Crippen LogP contribution in [0.2, 0.25) is 0 Å². The molecule has 1 amide bonds. The summed E-state index contributed by atoms with van der Waals surface area (Å²) in [6.45, 7) is 1.29. The lowest BCUT2D eigenvalue weighted by atomic mass is 9.82. The Balaban J connectivity index is 0.00000300. The van der Waals surface area contributed by atoms with Gasteiger partial charge < -0.3 is 20.4 Å². The second-order valence-corrected chi connectivity index (χ2v) is 7.04. The molecule has 0 saturated heterocycles. The zero-order valence-electron chi connectivity index (χ0n) is 16.2. The summed E-state index contributed by atoms with van der Waals surface area (Å²) in [5.74, 6) is -2.28. The molecular weight excluding hydrogens is 396 g/mol. The average Bonchev–Trinajstić information content (AvgIpc) is 2.65. The number of halogens is 1. The molecule has 3 rings (SSSR count). The maximum atomic E-state index is 12.8. The van der Waals surface area contributed by atoms with Gasteiger partial charge in [0, 0.05) is 23.2 Å². The first-order valence-electron chi connectivity index (χ1n) is 8.99. The van der Waals surface area contributed by atoms with E-state index in [9.17, 15) is 24.6 Å². The smallest absolute Gasteiger partial charge is 0.224 e. The topological polar surface area (TPSA) is 107 Å². The van der Waals surface area contributed by atoms with Gasteiger partial charge in [-0.25, -0.2) is 0 Å². The maximum Gasteiger partial charge on any atom is 0.224 e. The predicted octanol–water partition coefficient (Wildman–Crippen LogP) is 1.91. The van der Waals surface area contributed by atoms with Crippen molar-refractivity contribution in [1.29, 1.82) is 0 Å². The predicted molar refractivity (Wildman–Crippen MR) is 110 cm³/mol. The van der Waals surface area contributed by atoms with Gasteiger partial charge in [0.2, 0.25) is 5.91 Å². The largest absolute Gasteiger partial charge is 0.507 e. The Bertz CT molecular complexity index is 972. The quantitative estimate of drug-likeness (QED) is 0.417. The number of nitrogens with zero attached hydrogens (tertiary/aromatic N) is 1. The Morgan fingerprint density at radius 3 is 2.21 bits per heavy atom. The number of rotatable bonds is 6. The van der Waals surface area contributed by atoms with E-state index in [4.69, 9.17) is 0 Å². The van der Waals surface area contributed by atoms with E-state index in [0.29, 0.717) is 6.54 Å². The van der Waals surface area contributed by atoms with Crippen molar-refractivity contribution in [3.63, 3.8) is 0 Å². The molecular formula is C21H23ClN2O5. The highest BCUT2D eigenvalue weighted by atomic mass is 35.5. The number of carbonyl (C=O) groups is 3. The average molecular weight is 419 g/mol. The van der Waals surface area contributed by atoms with Gasteiger partial charge in [0.05, 0.1) is 17.5 Å². The van der Waals surface area contributed by atoms with Crippen molar-refractivity contribution in [1.82, 2.24) is 10.2 Å². The van der Waals surface area contributed by atoms with Crippen LogP contribution in [0.4, 0.5) is 0 Å². The molecule has 0 heterocycles. The first-order valence-corrected chi connectivity index (χ1v) is 8.99. The molecule has 0 unspecified atom stereocenters. The number of carbonyl (C=O) groups excluding carboxylic acids is 3. The molecule has 0 spiro atoms. The summed E-state index contributed by atoms with van der Waals surface area (Å²) in [7, 11) is 3.87. The summed E-state index contributed by atoms with van der Waals surface area (Å²) in [6, 6.07) is 7.42. The standard InChI is InChI=1S/C21H22N2O5.ClH/c1-23(2)9-5-8-22-16(25)11-12-10-15(24)17-18(19(12)26)21(28)14-7-4-3-6-13(14)20(17)27;/h3-4,6-7,10,24,26H,5,8-9,11H2,1-2H3,(H,22,25);1H. The van der Waals surface area contributed by atoms with Crippen LogP contribution in [0.5, 0.6) is 11.5 Å². The number of aromatic hydroxyl groups is 2. The van der Waals surface area contributed by atoms with Crippen molar-refractivity contribution >= 4 is 29.9 Å². The summed E-state index contributed by atoms with van der Waals surface area (Å²) < 4.78 is 0. The maximum absolute atomic E-state index is 12.8. The Hall–Kier alpha value is -2.90. The number of amides is 1. The molecule has 8 heteroatoms. The molecule has 3 N–H and O–H groups in total. The van der Waals surface area contributed by atoms with Crippen LogP contribution in [-0.2, 0) is 11.2 Å². The Morgan fingerprint density at radius 1 is 1.03 bits per heavy atom. The Labute approximate surface area is 174 Å². The molecule has 0 atom stereocenters. The van der Waals surface area contributed by atoms with E-state index in [1.165, 1.54) is 18.2 Å². The number of ketones is 2. The highest BCUT2D eigenvalue weighted by Crippen LogP contribution is 2.40. The summed E-state index contributed by atoms with van der Waals surface area (Å²) in [5, 5.41) is 23.7. The van der Waals surface area contributed by atoms with Crippen LogP contribution in [0.1, 0.15) is 43.8 Å². The molecule has 1 aliphatic rings. The van der Waals surface area contributed by atoms with E-state index in [1.807, 2.05) is 19.0 Å². The lowest BCUT2D eigenvalue weighted by Crippen LogP contribution is -2.28. The van der Waals surface area contributed by atoms with Crippen LogP contribution in [0.3, 0.4) is 0 Å². The van der Waals surface area contributed by atoms with Crippen LogP contribution < -0.4 is 5.32 Å². The van der Waals surface area contributed by atoms with Gasteiger partial charge in [0.15, 0.2) is 11.6 Å². The zero-order valence-corrected chi connectivity index (χ0v) is 17.0. The number of nitrogens with one attached hydrogen (secondary N) is 1. The van der Waals surface area contributed by atoms with Gasteiger partial charge in [-0.15, -0.1) is 12.4 Å². The SMILES string of the molecule is CN(C)CCCNC(=O)Cc1cc(O)c2c(c1O)C(=O)c1ccccc1C2=O.Cl. The molecule has 0 aromatic heterocycles. The van der Waals surface area contributed by atoms with Crippen LogP contribution >= 0.6 is 12.4 Å². The number of hydrogen-bond acceptors (Lipinski definition) is 6. The molecule has 2 aromatic rings. The van der Waals surface area contributed by atoms with Gasteiger partial charge in [-0.1, -0.05) is 24.3 Å². The minimum Gasteiger partial charge on any atom is -0.507 e. The Kier molecular flexibility index (Phi) is 7.00. The molecule has 0 radical (unpaired) electrons. The summed E-state index contributed by atoms with van der Waals surface area (Å²) in [5.41, 5.74) is -0.0292. The molecule has 7 nitrogen and oxygen atoms in total. The minimum atomic E-state index is -0.550. The third-order valence-electron chi connectivity index (χ3n) is 4.68. The van der Waals surface area contributed by atoms with E-state index >= 15 is 0 Å². The van der Waals surface area contributed by atoms with Crippen molar-refractivity contribution in [2.75, 3.05) is 27.2 Å². The second kappa shape index (κ2) is 9.07. The second-order valence-electron chi connectivity index (χ2n) is 7.04. The van der Waals surface area contributed by atoms with Gasteiger partial charge in [0.25, 0.3) is 0 Å². The monoisotopic (exact) mass is 418 g/mol. The van der Waals surface area contributed by atoms with Crippen molar-refractivity contribution in [3.8, 4) is 11.5 Å². The number of benzene rings is 2. The summed E-state index contributed by atoms with van der Waals surface area (Å²) in [6.07, 6.45) is 0.557. The third kappa shape index (κ3) is 4.41. The van der Waals surface area contributed by atoms with Gasteiger partial charge in [-0.05, 0) is 33.1 Å². The van der Waals surface area contributed by atoms with Gasteiger partial charge >= 0.3 is 0 Å². The van der Waals surface area contributed by atoms with Gasteiger partial charge in [-0.2, -0.15) is 0 Å². The lowest BCUT2D eigenvalue weighted by Gasteiger charge is -2.21. The zero-order chi connectivity index (χ0) is 20.4. The fraction of sp³-hybridized carbons (Fsp3) is 0.286. The van der Waals surface area contributed by atoms with E-state index in [1.54, 1.807) is 12.1 Å². The fourth-order valence-electron chi connectivity index (χ4n) is 3.31. The normalized spacial score (nSPS) is 12.2. The van der Waals surface area contributed by atoms with Gasteiger partial charge in [0.1, 0.15) is 11.5 Å². The van der Waals surface area contributed by atoms with Crippen molar-refractivity contribution in [3.05, 3.63) is 58.1 Å².